The first kappa shape index (κ1) is 15.0. The second kappa shape index (κ2) is 6.52. The first-order chi connectivity index (χ1) is 11.8. The highest BCUT2D eigenvalue weighted by atomic mass is 16.6. The van der Waals surface area contributed by atoms with Crippen molar-refractivity contribution in [2.45, 2.75) is 6.54 Å². The van der Waals surface area contributed by atoms with Crippen LogP contribution in [0.4, 0.5) is 0 Å². The molecule has 4 rings (SSSR count). The number of hydrogen-bond donors (Lipinski definition) is 1. The molecule has 0 unspecified atom stereocenters. The molecule has 3 heterocycles. The highest BCUT2D eigenvalue weighted by molar-refractivity contribution is 5.92. The van der Waals surface area contributed by atoms with Gasteiger partial charge in [0.1, 0.15) is 18.9 Å². The minimum Gasteiger partial charge on any atom is -0.486 e. The summed E-state index contributed by atoms with van der Waals surface area (Å²) in [6, 6.07) is 7.82. The van der Waals surface area contributed by atoms with E-state index in [2.05, 4.69) is 27.2 Å². The smallest absolute Gasteiger partial charge is 0.271 e. The number of nitrogens with zero attached hydrogens (tertiary/aromatic N) is 3. The summed E-state index contributed by atoms with van der Waals surface area (Å²) in [5, 5.41) is 6.57. The predicted octanol–water partition coefficient (Wildman–Crippen LogP) is 1.14. The van der Waals surface area contributed by atoms with Gasteiger partial charge in [0.05, 0.1) is 0 Å². The minimum absolute atomic E-state index is 0.0199. The van der Waals surface area contributed by atoms with E-state index >= 15 is 0 Å². The molecule has 7 nitrogen and oxygen atoms in total. The number of aromatic nitrogens is 2. The lowest BCUT2D eigenvalue weighted by atomic mass is 10.1. The number of carbonyl (C=O) groups is 1. The van der Waals surface area contributed by atoms with Crippen molar-refractivity contribution in [2.75, 3.05) is 39.4 Å². The molecule has 1 aromatic heterocycles. The Bertz CT molecular complexity index is 709. The maximum atomic E-state index is 12.3. The summed E-state index contributed by atoms with van der Waals surface area (Å²) in [5.41, 5.74) is 1.75. The number of aromatic amines is 1. The van der Waals surface area contributed by atoms with Crippen LogP contribution in [-0.2, 0) is 6.54 Å². The Morgan fingerprint density at radius 3 is 2.62 bits per heavy atom. The molecular weight excluding hydrogens is 308 g/mol. The first-order valence-electron chi connectivity index (χ1n) is 8.19. The zero-order chi connectivity index (χ0) is 16.4. The van der Waals surface area contributed by atoms with Crippen LogP contribution in [0.2, 0.25) is 0 Å². The van der Waals surface area contributed by atoms with Crippen LogP contribution < -0.4 is 9.47 Å². The van der Waals surface area contributed by atoms with Crippen LogP contribution in [0.5, 0.6) is 11.5 Å². The van der Waals surface area contributed by atoms with Crippen molar-refractivity contribution < 1.29 is 14.3 Å². The van der Waals surface area contributed by atoms with E-state index in [0.29, 0.717) is 18.9 Å². The highest BCUT2D eigenvalue weighted by Gasteiger charge is 2.23. The third-order valence-corrected chi connectivity index (χ3v) is 4.40. The number of hydrogen-bond acceptors (Lipinski definition) is 5. The SMILES string of the molecule is O=C(c1ccn[nH]1)N1CCN(Cc2ccc3c(c2)OCCO3)CC1. The molecule has 2 aliphatic heterocycles. The molecule has 0 radical (unpaired) electrons. The Labute approximate surface area is 140 Å². The second-order valence-electron chi connectivity index (χ2n) is 6.02. The van der Waals surface area contributed by atoms with Crippen LogP contribution >= 0.6 is 0 Å². The first-order valence-corrected chi connectivity index (χ1v) is 8.19. The zero-order valence-electron chi connectivity index (χ0n) is 13.4. The van der Waals surface area contributed by atoms with Crippen LogP contribution in [0.15, 0.2) is 30.5 Å². The standard InChI is InChI=1S/C17H20N4O3/c22-17(14-3-4-18-19-14)21-7-5-20(6-8-21)12-13-1-2-15-16(11-13)24-10-9-23-15/h1-4,11H,5-10,12H2,(H,18,19). The molecule has 1 amide bonds. The summed E-state index contributed by atoms with van der Waals surface area (Å²) < 4.78 is 11.2. The largest absolute Gasteiger partial charge is 0.486 e. The lowest BCUT2D eigenvalue weighted by Crippen LogP contribution is -2.48. The molecule has 1 N–H and O–H groups in total. The summed E-state index contributed by atoms with van der Waals surface area (Å²) in [7, 11) is 0. The van der Waals surface area contributed by atoms with Crippen molar-refractivity contribution in [1.29, 1.82) is 0 Å². The fourth-order valence-electron chi connectivity index (χ4n) is 3.10. The summed E-state index contributed by atoms with van der Waals surface area (Å²) >= 11 is 0. The van der Waals surface area contributed by atoms with Gasteiger partial charge in [-0.3, -0.25) is 14.8 Å². The number of carbonyl (C=O) groups excluding carboxylic acids is 1. The lowest BCUT2D eigenvalue weighted by molar-refractivity contribution is 0.0622. The van der Waals surface area contributed by atoms with E-state index in [9.17, 15) is 4.79 Å². The molecule has 0 bridgehead atoms. The molecule has 0 aliphatic carbocycles. The molecule has 0 spiro atoms. The Balaban J connectivity index is 1.34. The van der Waals surface area contributed by atoms with E-state index < -0.39 is 0 Å². The number of ether oxygens (including phenoxy) is 2. The van der Waals surface area contributed by atoms with Crippen molar-refractivity contribution >= 4 is 5.91 Å². The normalized spacial score (nSPS) is 17.8. The molecular formula is C17H20N4O3. The quantitative estimate of drug-likeness (QED) is 0.915. The van der Waals surface area contributed by atoms with Crippen molar-refractivity contribution in [1.82, 2.24) is 20.0 Å². The monoisotopic (exact) mass is 328 g/mol. The van der Waals surface area contributed by atoms with Gasteiger partial charge in [0, 0.05) is 38.9 Å². The Kier molecular flexibility index (Phi) is 4.08. The van der Waals surface area contributed by atoms with Gasteiger partial charge < -0.3 is 14.4 Å². The molecule has 7 heteroatoms. The number of rotatable bonds is 3. The summed E-state index contributed by atoms with van der Waals surface area (Å²) in [6.07, 6.45) is 1.60. The number of benzene rings is 1. The highest BCUT2D eigenvalue weighted by Crippen LogP contribution is 2.31. The van der Waals surface area contributed by atoms with Gasteiger partial charge in [0.2, 0.25) is 0 Å². The van der Waals surface area contributed by atoms with Crippen LogP contribution in [0, 0.1) is 0 Å². The number of fused-ring (bicyclic) bond motifs is 1. The molecule has 2 aliphatic rings. The van der Waals surface area contributed by atoms with Gasteiger partial charge in [-0.2, -0.15) is 5.10 Å². The number of nitrogens with one attached hydrogen (secondary N) is 1. The fraction of sp³-hybridized carbons (Fsp3) is 0.412. The van der Waals surface area contributed by atoms with E-state index in [-0.39, 0.29) is 5.91 Å². The van der Waals surface area contributed by atoms with Gasteiger partial charge >= 0.3 is 0 Å². The van der Waals surface area contributed by atoms with Crippen LogP contribution in [0.3, 0.4) is 0 Å². The number of H-pyrrole nitrogens is 1. The molecule has 1 fully saturated rings. The third-order valence-electron chi connectivity index (χ3n) is 4.40. The summed E-state index contributed by atoms with van der Waals surface area (Å²) in [6.45, 7) is 5.22. The van der Waals surface area contributed by atoms with Crippen LogP contribution in [0.1, 0.15) is 16.1 Å². The molecule has 24 heavy (non-hydrogen) atoms. The Hall–Kier alpha value is -2.54. The van der Waals surface area contributed by atoms with E-state index in [4.69, 9.17) is 9.47 Å². The molecule has 1 aromatic carbocycles. The van der Waals surface area contributed by atoms with Gasteiger partial charge in [-0.25, -0.2) is 0 Å². The van der Waals surface area contributed by atoms with Crippen LogP contribution in [0.25, 0.3) is 0 Å². The summed E-state index contributed by atoms with van der Waals surface area (Å²) in [4.78, 5) is 16.5. The summed E-state index contributed by atoms with van der Waals surface area (Å²) in [5.74, 6) is 1.67. The molecule has 126 valence electrons. The van der Waals surface area contributed by atoms with Gasteiger partial charge in [-0.1, -0.05) is 6.07 Å². The van der Waals surface area contributed by atoms with Gasteiger partial charge in [-0.15, -0.1) is 0 Å². The molecule has 0 atom stereocenters. The van der Waals surface area contributed by atoms with E-state index in [1.54, 1.807) is 12.3 Å². The van der Waals surface area contributed by atoms with Crippen molar-refractivity contribution in [3.05, 3.63) is 41.7 Å². The van der Waals surface area contributed by atoms with Gasteiger partial charge in [0.25, 0.3) is 5.91 Å². The Morgan fingerprint density at radius 1 is 1.08 bits per heavy atom. The van der Waals surface area contributed by atoms with Gasteiger partial charge in [-0.05, 0) is 23.8 Å². The molecule has 1 saturated heterocycles. The number of piperazine rings is 1. The Morgan fingerprint density at radius 2 is 1.88 bits per heavy atom. The van der Waals surface area contributed by atoms with Crippen molar-refractivity contribution in [2.24, 2.45) is 0 Å². The van der Waals surface area contributed by atoms with E-state index in [1.165, 1.54) is 5.56 Å². The molecule has 0 saturated carbocycles. The molecule has 2 aromatic rings. The average Bonchev–Trinajstić information content (AvgIpc) is 3.16. The zero-order valence-corrected chi connectivity index (χ0v) is 13.4. The lowest BCUT2D eigenvalue weighted by Gasteiger charge is -2.34. The topological polar surface area (TPSA) is 70.7 Å². The van der Waals surface area contributed by atoms with Crippen LogP contribution in [-0.4, -0.2) is 65.3 Å². The van der Waals surface area contributed by atoms with Crippen molar-refractivity contribution in [3.63, 3.8) is 0 Å². The number of amides is 1. The average molecular weight is 328 g/mol. The minimum atomic E-state index is 0.0199. The fourth-order valence-corrected chi connectivity index (χ4v) is 3.10. The van der Waals surface area contributed by atoms with E-state index in [0.717, 1.165) is 44.2 Å². The maximum Gasteiger partial charge on any atom is 0.271 e. The van der Waals surface area contributed by atoms with E-state index in [1.807, 2.05) is 11.0 Å². The predicted molar refractivity (Wildman–Crippen MR) is 87.2 cm³/mol. The van der Waals surface area contributed by atoms with Gasteiger partial charge in [0.15, 0.2) is 11.5 Å². The van der Waals surface area contributed by atoms with Crippen molar-refractivity contribution in [3.8, 4) is 11.5 Å². The second-order valence-corrected chi connectivity index (χ2v) is 6.02. The maximum absolute atomic E-state index is 12.3. The third kappa shape index (κ3) is 3.07.